The fraction of sp³-hybridized carbons (Fsp3) is 0.867. The van der Waals surface area contributed by atoms with E-state index in [1.54, 1.807) is 0 Å². The van der Waals surface area contributed by atoms with Crippen LogP contribution in [0.25, 0.3) is 0 Å². The van der Waals surface area contributed by atoms with Crippen LogP contribution in [0, 0.1) is 11.8 Å². The summed E-state index contributed by atoms with van der Waals surface area (Å²) in [6, 6.07) is -0.141. The topological polar surface area (TPSA) is 69.6 Å². The first-order chi connectivity index (χ1) is 9.17. The van der Waals surface area contributed by atoms with Crippen molar-refractivity contribution in [1.29, 1.82) is 0 Å². The number of aliphatic carboxylic acids is 1. The number of carbonyl (C=O) groups is 2. The van der Waals surface area contributed by atoms with Crippen LogP contribution in [0.3, 0.4) is 0 Å². The van der Waals surface area contributed by atoms with E-state index >= 15 is 0 Å². The van der Waals surface area contributed by atoms with E-state index < -0.39 is 11.5 Å². The van der Waals surface area contributed by atoms with Crippen molar-refractivity contribution in [2.45, 2.75) is 65.0 Å². The van der Waals surface area contributed by atoms with Crippen LogP contribution in [-0.4, -0.2) is 40.6 Å². The van der Waals surface area contributed by atoms with Gasteiger partial charge in [-0.15, -0.1) is 0 Å². The van der Waals surface area contributed by atoms with Crippen LogP contribution in [0.5, 0.6) is 0 Å². The molecule has 116 valence electrons. The van der Waals surface area contributed by atoms with Crippen LogP contribution in [-0.2, 0) is 4.79 Å². The van der Waals surface area contributed by atoms with Gasteiger partial charge in [0.05, 0.1) is 0 Å². The molecule has 0 radical (unpaired) electrons. The number of nitrogens with one attached hydrogen (secondary N) is 1. The molecule has 0 heterocycles. The van der Waals surface area contributed by atoms with E-state index in [1.165, 1.54) is 32.2 Å². The monoisotopic (exact) mass is 284 g/mol. The van der Waals surface area contributed by atoms with Crippen molar-refractivity contribution in [3.8, 4) is 0 Å². The molecule has 1 rings (SSSR count). The average Bonchev–Trinajstić information content (AvgIpc) is 2.37. The molecule has 1 fully saturated rings. The summed E-state index contributed by atoms with van der Waals surface area (Å²) in [6.45, 7) is 7.44. The van der Waals surface area contributed by atoms with E-state index in [1.807, 2.05) is 0 Å². The number of rotatable bonds is 4. The number of amides is 2. The maximum atomic E-state index is 12.3. The van der Waals surface area contributed by atoms with Gasteiger partial charge in [0.1, 0.15) is 5.54 Å². The summed E-state index contributed by atoms with van der Waals surface area (Å²) in [4.78, 5) is 24.8. The molecular weight excluding hydrogens is 256 g/mol. The first-order valence-corrected chi connectivity index (χ1v) is 7.45. The van der Waals surface area contributed by atoms with E-state index in [9.17, 15) is 14.7 Å². The lowest BCUT2D eigenvalue weighted by molar-refractivity contribution is -0.146. The van der Waals surface area contributed by atoms with Crippen LogP contribution in [0.4, 0.5) is 4.79 Å². The number of hydrogen-bond donors (Lipinski definition) is 2. The van der Waals surface area contributed by atoms with Crippen LogP contribution >= 0.6 is 0 Å². The van der Waals surface area contributed by atoms with Gasteiger partial charge in [0.2, 0.25) is 0 Å². The zero-order valence-corrected chi connectivity index (χ0v) is 13.3. The predicted molar refractivity (Wildman–Crippen MR) is 78.6 cm³/mol. The van der Waals surface area contributed by atoms with E-state index in [-0.39, 0.29) is 12.1 Å². The van der Waals surface area contributed by atoms with Crippen LogP contribution in [0.1, 0.15) is 53.4 Å². The highest BCUT2D eigenvalue weighted by Crippen LogP contribution is 2.30. The first-order valence-electron chi connectivity index (χ1n) is 7.45. The molecule has 0 aromatic carbocycles. The highest BCUT2D eigenvalue weighted by Gasteiger charge is 2.37. The second kappa shape index (κ2) is 6.46. The van der Waals surface area contributed by atoms with E-state index in [0.29, 0.717) is 11.8 Å². The highest BCUT2D eigenvalue weighted by atomic mass is 16.4. The van der Waals surface area contributed by atoms with Crippen molar-refractivity contribution in [1.82, 2.24) is 10.2 Å². The zero-order chi connectivity index (χ0) is 15.5. The smallest absolute Gasteiger partial charge is 0.329 e. The third-order valence-electron chi connectivity index (χ3n) is 4.65. The zero-order valence-electron chi connectivity index (χ0n) is 13.3. The minimum atomic E-state index is -1.20. The Kier molecular flexibility index (Phi) is 5.42. The lowest BCUT2D eigenvalue weighted by atomic mass is 9.78. The Labute approximate surface area is 121 Å². The third-order valence-corrected chi connectivity index (χ3v) is 4.65. The van der Waals surface area contributed by atoms with Gasteiger partial charge in [-0.2, -0.15) is 0 Å². The van der Waals surface area contributed by atoms with Crippen LogP contribution in [0.15, 0.2) is 0 Å². The average molecular weight is 284 g/mol. The molecule has 0 bridgehead atoms. The van der Waals surface area contributed by atoms with Gasteiger partial charge in [0, 0.05) is 13.1 Å². The van der Waals surface area contributed by atoms with Crippen molar-refractivity contribution in [3.63, 3.8) is 0 Å². The summed E-state index contributed by atoms with van der Waals surface area (Å²) in [5.41, 5.74) is -1.20. The largest absolute Gasteiger partial charge is 0.480 e. The molecule has 2 atom stereocenters. The van der Waals surface area contributed by atoms with Gasteiger partial charge in [0.25, 0.3) is 0 Å². The molecule has 2 N–H and O–H groups in total. The summed E-state index contributed by atoms with van der Waals surface area (Å²) < 4.78 is 0. The summed E-state index contributed by atoms with van der Waals surface area (Å²) in [6.07, 6.45) is 4.45. The SMILES string of the molecule is CC(C)C1CCCCC1NC(=O)N(C)C(C)(C)C(=O)O. The first kappa shape index (κ1) is 16.8. The molecule has 0 spiro atoms. The molecule has 2 unspecified atom stereocenters. The molecule has 0 aromatic heterocycles. The van der Waals surface area contributed by atoms with Crippen LogP contribution < -0.4 is 5.32 Å². The number of hydrogen-bond acceptors (Lipinski definition) is 2. The Bertz CT molecular complexity index is 366. The Morgan fingerprint density at radius 2 is 1.80 bits per heavy atom. The molecule has 2 amide bonds. The van der Waals surface area contributed by atoms with E-state index in [2.05, 4.69) is 19.2 Å². The maximum Gasteiger partial charge on any atom is 0.329 e. The molecule has 1 saturated carbocycles. The Morgan fingerprint density at radius 3 is 2.30 bits per heavy atom. The van der Waals surface area contributed by atoms with Crippen molar-refractivity contribution >= 4 is 12.0 Å². The van der Waals surface area contributed by atoms with Gasteiger partial charge in [-0.05, 0) is 38.5 Å². The van der Waals surface area contributed by atoms with Gasteiger partial charge in [0.15, 0.2) is 0 Å². The second-order valence-electron chi connectivity index (χ2n) is 6.67. The molecular formula is C15H28N2O3. The molecule has 20 heavy (non-hydrogen) atoms. The van der Waals surface area contributed by atoms with Gasteiger partial charge in [-0.1, -0.05) is 26.7 Å². The number of nitrogens with zero attached hydrogens (tertiary/aromatic N) is 1. The maximum absolute atomic E-state index is 12.3. The minimum Gasteiger partial charge on any atom is -0.480 e. The second-order valence-corrected chi connectivity index (χ2v) is 6.67. The third kappa shape index (κ3) is 3.64. The molecule has 5 heteroatoms. The molecule has 0 aliphatic heterocycles. The molecule has 1 aliphatic carbocycles. The number of carbonyl (C=O) groups excluding carboxylic acids is 1. The Balaban J connectivity index is 2.71. The number of urea groups is 1. The normalized spacial score (nSPS) is 23.5. The molecule has 1 aliphatic rings. The Morgan fingerprint density at radius 1 is 1.25 bits per heavy atom. The van der Waals surface area contributed by atoms with Crippen LogP contribution in [0.2, 0.25) is 0 Å². The summed E-state index contributed by atoms with van der Waals surface area (Å²) in [7, 11) is 1.54. The van der Waals surface area contributed by atoms with Gasteiger partial charge in [-0.3, -0.25) is 0 Å². The van der Waals surface area contributed by atoms with Crippen molar-refractivity contribution < 1.29 is 14.7 Å². The molecule has 0 aromatic rings. The Hall–Kier alpha value is -1.26. The number of carboxylic acids is 1. The van der Waals surface area contributed by atoms with E-state index in [0.717, 1.165) is 19.3 Å². The molecule has 0 saturated heterocycles. The minimum absolute atomic E-state index is 0.156. The van der Waals surface area contributed by atoms with Crippen molar-refractivity contribution in [2.24, 2.45) is 11.8 Å². The van der Waals surface area contributed by atoms with Gasteiger partial charge >= 0.3 is 12.0 Å². The quantitative estimate of drug-likeness (QED) is 0.834. The lowest BCUT2D eigenvalue weighted by Crippen LogP contribution is -2.57. The number of likely N-dealkylation sites (N-methyl/N-ethyl adjacent to an activating group) is 1. The van der Waals surface area contributed by atoms with Crippen molar-refractivity contribution in [2.75, 3.05) is 7.05 Å². The van der Waals surface area contributed by atoms with E-state index in [4.69, 9.17) is 0 Å². The summed E-state index contributed by atoms with van der Waals surface area (Å²) in [5, 5.41) is 12.2. The van der Waals surface area contributed by atoms with Gasteiger partial charge < -0.3 is 15.3 Å². The fourth-order valence-electron chi connectivity index (χ4n) is 2.79. The van der Waals surface area contributed by atoms with Crippen molar-refractivity contribution in [3.05, 3.63) is 0 Å². The summed E-state index contributed by atoms with van der Waals surface area (Å²) >= 11 is 0. The highest BCUT2D eigenvalue weighted by molar-refractivity contribution is 5.85. The standard InChI is InChI=1S/C15H28N2O3/c1-10(2)11-8-6-7-9-12(11)16-14(20)17(5)15(3,4)13(18)19/h10-12H,6-9H2,1-5H3,(H,16,20)(H,18,19). The lowest BCUT2D eigenvalue weighted by Gasteiger charge is -2.38. The summed E-state index contributed by atoms with van der Waals surface area (Å²) in [5.74, 6) is 0.00614. The predicted octanol–water partition coefficient (Wildman–Crippen LogP) is 2.71. The fourth-order valence-corrected chi connectivity index (χ4v) is 2.79. The van der Waals surface area contributed by atoms with Gasteiger partial charge in [-0.25, -0.2) is 9.59 Å². The number of carboxylic acid groups (broad SMARTS) is 1. The molecule has 5 nitrogen and oxygen atoms in total.